The number of anilines is 2. The van der Waals surface area contributed by atoms with Crippen LogP contribution in [0.2, 0.25) is 0 Å². The van der Waals surface area contributed by atoms with E-state index in [9.17, 15) is 19.7 Å². The van der Waals surface area contributed by atoms with Crippen molar-refractivity contribution >= 4 is 57.7 Å². The maximum Gasteiger partial charge on any atom is 0.332 e. The standard InChI is InChI=1S/C22H19BrN4O5S/c1-32-19-12-11-17(27(30)31)13-18(19)25-22(29)26(33)20(14-5-3-2-4-6-14)21(28)24-16-9-7-15(23)8-10-16/h2-13,20,33H,1H3,(H,24,28)(H,25,29). The van der Waals surface area contributed by atoms with Crippen molar-refractivity contribution in [1.82, 2.24) is 4.31 Å². The van der Waals surface area contributed by atoms with Crippen LogP contribution in [-0.4, -0.2) is 28.3 Å². The molecule has 3 rings (SSSR count). The number of amides is 3. The molecule has 3 amide bonds. The van der Waals surface area contributed by atoms with Crippen molar-refractivity contribution in [1.29, 1.82) is 0 Å². The summed E-state index contributed by atoms with van der Waals surface area (Å²) in [6.07, 6.45) is 0. The van der Waals surface area contributed by atoms with Crippen molar-refractivity contribution in [2.75, 3.05) is 17.7 Å². The smallest absolute Gasteiger partial charge is 0.332 e. The number of nitro groups is 1. The molecule has 0 fully saturated rings. The van der Waals surface area contributed by atoms with Crippen LogP contribution in [-0.2, 0) is 4.79 Å². The molecule has 0 heterocycles. The summed E-state index contributed by atoms with van der Waals surface area (Å²) in [6, 6.07) is 17.5. The molecular formula is C22H19BrN4O5S. The highest BCUT2D eigenvalue weighted by Crippen LogP contribution is 2.31. The number of halogens is 1. The number of carbonyl (C=O) groups is 2. The first kappa shape index (κ1) is 24.1. The summed E-state index contributed by atoms with van der Waals surface area (Å²) < 4.78 is 6.94. The predicted octanol–water partition coefficient (Wildman–Crippen LogP) is 5.42. The maximum atomic E-state index is 13.2. The van der Waals surface area contributed by atoms with Crippen LogP contribution >= 0.6 is 28.7 Å². The van der Waals surface area contributed by atoms with Gasteiger partial charge in [-0.05, 0) is 35.9 Å². The lowest BCUT2D eigenvalue weighted by atomic mass is 10.1. The van der Waals surface area contributed by atoms with E-state index in [0.717, 1.165) is 14.8 Å². The topological polar surface area (TPSA) is 114 Å². The normalized spacial score (nSPS) is 11.2. The number of urea groups is 1. The molecule has 11 heteroatoms. The van der Waals surface area contributed by atoms with Gasteiger partial charge in [0.2, 0.25) is 0 Å². The number of carbonyl (C=O) groups excluding carboxylic acids is 2. The molecule has 3 aromatic rings. The summed E-state index contributed by atoms with van der Waals surface area (Å²) in [5, 5.41) is 16.4. The molecule has 0 aliphatic rings. The Morgan fingerprint density at radius 1 is 1.06 bits per heavy atom. The maximum absolute atomic E-state index is 13.2. The van der Waals surface area contributed by atoms with Gasteiger partial charge < -0.3 is 15.4 Å². The van der Waals surface area contributed by atoms with Crippen molar-refractivity contribution in [3.05, 3.63) is 92.9 Å². The molecule has 0 bridgehead atoms. The minimum atomic E-state index is -1.11. The Balaban J connectivity index is 1.88. The molecular weight excluding hydrogens is 512 g/mol. The third kappa shape index (κ3) is 6.02. The van der Waals surface area contributed by atoms with Gasteiger partial charge in [0.05, 0.1) is 17.7 Å². The van der Waals surface area contributed by atoms with Gasteiger partial charge >= 0.3 is 6.03 Å². The highest BCUT2D eigenvalue weighted by Gasteiger charge is 2.30. The van der Waals surface area contributed by atoms with Crippen LogP contribution < -0.4 is 15.4 Å². The Bertz CT molecular complexity index is 1160. The van der Waals surface area contributed by atoms with Crippen LogP contribution in [0.5, 0.6) is 5.75 Å². The molecule has 3 aromatic carbocycles. The van der Waals surface area contributed by atoms with Gasteiger partial charge in [-0.2, -0.15) is 0 Å². The summed E-state index contributed by atoms with van der Waals surface area (Å²) in [4.78, 5) is 36.7. The van der Waals surface area contributed by atoms with E-state index in [1.54, 1.807) is 54.6 Å². The Kier molecular flexibility index (Phi) is 7.91. The second-order valence-electron chi connectivity index (χ2n) is 6.73. The fourth-order valence-corrected chi connectivity index (χ4v) is 3.53. The third-order valence-corrected chi connectivity index (χ3v) is 5.50. The first-order valence-electron chi connectivity index (χ1n) is 9.53. The number of methoxy groups -OCH3 is 1. The van der Waals surface area contributed by atoms with Crippen molar-refractivity contribution in [2.24, 2.45) is 0 Å². The predicted molar refractivity (Wildman–Crippen MR) is 131 cm³/mol. The van der Waals surface area contributed by atoms with Gasteiger partial charge in [0, 0.05) is 22.3 Å². The van der Waals surface area contributed by atoms with Crippen LogP contribution in [0.3, 0.4) is 0 Å². The van der Waals surface area contributed by atoms with Crippen molar-refractivity contribution < 1.29 is 19.2 Å². The van der Waals surface area contributed by atoms with Gasteiger partial charge in [0.15, 0.2) is 0 Å². The fraction of sp³-hybridized carbons (Fsp3) is 0.0909. The number of hydrogen-bond acceptors (Lipinski definition) is 6. The zero-order valence-electron chi connectivity index (χ0n) is 17.3. The number of nitrogens with zero attached hydrogens (tertiary/aromatic N) is 2. The Morgan fingerprint density at radius 3 is 2.33 bits per heavy atom. The zero-order chi connectivity index (χ0) is 24.0. The SMILES string of the molecule is COc1ccc([N+](=O)[O-])cc1NC(=O)N(S)C(C(=O)Nc1ccc(Br)cc1)c1ccccc1. The molecule has 0 aromatic heterocycles. The largest absolute Gasteiger partial charge is 0.495 e. The second-order valence-corrected chi connectivity index (χ2v) is 8.07. The molecule has 170 valence electrons. The van der Waals surface area contributed by atoms with Crippen molar-refractivity contribution in [2.45, 2.75) is 6.04 Å². The molecule has 0 saturated heterocycles. The average molecular weight is 531 g/mol. The highest BCUT2D eigenvalue weighted by molar-refractivity contribution is 9.10. The van der Waals surface area contributed by atoms with Crippen LogP contribution in [0.25, 0.3) is 0 Å². The zero-order valence-corrected chi connectivity index (χ0v) is 19.7. The Hall–Kier alpha value is -3.57. The molecule has 1 atom stereocenters. The average Bonchev–Trinajstić information content (AvgIpc) is 2.81. The number of benzene rings is 3. The summed E-state index contributed by atoms with van der Waals surface area (Å²) in [5.41, 5.74) is 0.884. The number of hydrogen-bond donors (Lipinski definition) is 3. The molecule has 33 heavy (non-hydrogen) atoms. The highest BCUT2D eigenvalue weighted by atomic mass is 79.9. The Morgan fingerprint density at radius 2 is 1.73 bits per heavy atom. The van der Waals surface area contributed by atoms with E-state index >= 15 is 0 Å². The number of nitrogens with one attached hydrogen (secondary N) is 2. The molecule has 2 N–H and O–H groups in total. The van der Waals surface area contributed by atoms with Gasteiger partial charge in [0.25, 0.3) is 11.6 Å². The summed E-state index contributed by atoms with van der Waals surface area (Å²) >= 11 is 7.63. The molecule has 1 unspecified atom stereocenters. The molecule has 0 spiro atoms. The molecule has 0 saturated carbocycles. The lowest BCUT2D eigenvalue weighted by Gasteiger charge is -2.26. The van der Waals surface area contributed by atoms with E-state index in [1.807, 2.05) is 0 Å². The first-order chi connectivity index (χ1) is 15.8. The number of rotatable bonds is 7. The number of ether oxygens (including phenoxy) is 1. The van der Waals surface area contributed by atoms with Crippen LogP contribution in [0.1, 0.15) is 11.6 Å². The van der Waals surface area contributed by atoms with E-state index in [1.165, 1.54) is 19.2 Å². The molecule has 0 aliphatic heterocycles. The quantitative estimate of drug-likeness (QED) is 0.214. The van der Waals surface area contributed by atoms with Crippen molar-refractivity contribution in [3.63, 3.8) is 0 Å². The van der Waals surface area contributed by atoms with Gasteiger partial charge in [-0.1, -0.05) is 59.1 Å². The summed E-state index contributed by atoms with van der Waals surface area (Å²) in [7, 11) is 1.37. The van der Waals surface area contributed by atoms with E-state index in [0.29, 0.717) is 11.3 Å². The number of nitro benzene ring substituents is 1. The van der Waals surface area contributed by atoms with Gasteiger partial charge in [0.1, 0.15) is 11.8 Å². The lowest BCUT2D eigenvalue weighted by Crippen LogP contribution is -2.38. The third-order valence-electron chi connectivity index (χ3n) is 4.56. The van der Waals surface area contributed by atoms with E-state index in [4.69, 9.17) is 4.74 Å². The minimum Gasteiger partial charge on any atom is -0.495 e. The number of non-ortho nitro benzene ring substituents is 1. The van der Waals surface area contributed by atoms with Gasteiger partial charge in [-0.15, -0.1) is 0 Å². The first-order valence-corrected chi connectivity index (χ1v) is 10.7. The summed E-state index contributed by atoms with van der Waals surface area (Å²) in [6.45, 7) is 0. The summed E-state index contributed by atoms with van der Waals surface area (Å²) in [5.74, 6) is -0.286. The van der Waals surface area contributed by atoms with Crippen LogP contribution in [0.4, 0.5) is 21.9 Å². The fourth-order valence-electron chi connectivity index (χ4n) is 2.98. The van der Waals surface area contributed by atoms with Crippen LogP contribution in [0, 0.1) is 10.1 Å². The molecule has 0 aliphatic carbocycles. The van der Waals surface area contributed by atoms with E-state index < -0.39 is 22.9 Å². The molecule has 0 radical (unpaired) electrons. The Labute approximate surface area is 203 Å². The minimum absolute atomic E-state index is 0.0656. The lowest BCUT2D eigenvalue weighted by molar-refractivity contribution is -0.384. The van der Waals surface area contributed by atoms with E-state index in [-0.39, 0.29) is 17.1 Å². The molecule has 9 nitrogen and oxygen atoms in total. The van der Waals surface area contributed by atoms with Crippen LogP contribution in [0.15, 0.2) is 77.3 Å². The monoisotopic (exact) mass is 530 g/mol. The van der Waals surface area contributed by atoms with Crippen molar-refractivity contribution in [3.8, 4) is 5.75 Å². The number of thiol groups is 1. The van der Waals surface area contributed by atoms with Gasteiger partial charge in [-0.3, -0.25) is 19.2 Å². The second kappa shape index (κ2) is 10.8. The van der Waals surface area contributed by atoms with Gasteiger partial charge in [-0.25, -0.2) is 4.79 Å². The van der Waals surface area contributed by atoms with E-state index in [2.05, 4.69) is 39.4 Å².